The Kier molecular flexibility index (Phi) is 3.33. The number of halogens is 2. The Labute approximate surface area is 104 Å². The van der Waals surface area contributed by atoms with Gasteiger partial charge in [0.15, 0.2) is 0 Å². The first-order valence-corrected chi connectivity index (χ1v) is 5.83. The van der Waals surface area contributed by atoms with Gasteiger partial charge in [-0.05, 0) is 43.7 Å². The topological polar surface area (TPSA) is 38.9 Å². The van der Waals surface area contributed by atoms with Crippen LogP contribution in [0.25, 0.3) is 10.9 Å². The number of hydrogen-bond acceptors (Lipinski definition) is 2. The molecule has 84 valence electrons. The SMILES string of the molecule is Cc1nc2c(Cl)ccc(Cl)c2cc1CCN. The standard InChI is InChI=1S/C12H12Cl2N2/c1-7-8(4-5-15)6-9-10(13)2-3-11(14)12(9)16-7/h2-3,6H,4-5,15H2,1H3. The fraction of sp³-hybridized carbons (Fsp3) is 0.250. The van der Waals surface area contributed by atoms with E-state index in [0.29, 0.717) is 16.6 Å². The first-order valence-electron chi connectivity index (χ1n) is 5.08. The molecule has 0 amide bonds. The molecule has 0 aliphatic rings. The van der Waals surface area contributed by atoms with Crippen LogP contribution in [0, 0.1) is 6.92 Å². The Bertz CT molecular complexity index is 538. The quantitative estimate of drug-likeness (QED) is 0.893. The predicted octanol–water partition coefficient (Wildman–Crippen LogP) is 3.35. The minimum Gasteiger partial charge on any atom is -0.330 e. The number of hydrogen-bond donors (Lipinski definition) is 1. The molecule has 0 bridgehead atoms. The van der Waals surface area contributed by atoms with Crippen LogP contribution in [0.5, 0.6) is 0 Å². The normalized spacial score (nSPS) is 11.0. The molecule has 1 aromatic carbocycles. The van der Waals surface area contributed by atoms with Crippen molar-refractivity contribution in [3.63, 3.8) is 0 Å². The fourth-order valence-corrected chi connectivity index (χ4v) is 2.15. The van der Waals surface area contributed by atoms with Crippen LogP contribution in [-0.2, 0) is 6.42 Å². The highest BCUT2D eigenvalue weighted by Gasteiger charge is 2.08. The van der Waals surface area contributed by atoms with E-state index in [0.717, 1.165) is 28.6 Å². The zero-order chi connectivity index (χ0) is 11.7. The van der Waals surface area contributed by atoms with Gasteiger partial charge in [0.1, 0.15) is 0 Å². The molecule has 16 heavy (non-hydrogen) atoms. The maximum atomic E-state index is 6.12. The van der Waals surface area contributed by atoms with E-state index < -0.39 is 0 Å². The summed E-state index contributed by atoms with van der Waals surface area (Å²) in [5.74, 6) is 0. The summed E-state index contributed by atoms with van der Waals surface area (Å²) in [5, 5.41) is 2.19. The van der Waals surface area contributed by atoms with Gasteiger partial charge in [-0.2, -0.15) is 0 Å². The van der Waals surface area contributed by atoms with Crippen LogP contribution >= 0.6 is 23.2 Å². The maximum Gasteiger partial charge on any atom is 0.0906 e. The molecule has 0 aliphatic heterocycles. The van der Waals surface area contributed by atoms with Gasteiger partial charge in [-0.3, -0.25) is 4.98 Å². The molecule has 0 radical (unpaired) electrons. The van der Waals surface area contributed by atoms with E-state index in [9.17, 15) is 0 Å². The Morgan fingerprint density at radius 3 is 2.62 bits per heavy atom. The molecule has 2 nitrogen and oxygen atoms in total. The Balaban J connectivity index is 2.73. The van der Waals surface area contributed by atoms with Gasteiger partial charge in [-0.25, -0.2) is 0 Å². The van der Waals surface area contributed by atoms with Crippen LogP contribution in [0.1, 0.15) is 11.3 Å². The van der Waals surface area contributed by atoms with E-state index >= 15 is 0 Å². The smallest absolute Gasteiger partial charge is 0.0906 e. The van der Waals surface area contributed by atoms with Gasteiger partial charge in [0, 0.05) is 11.1 Å². The van der Waals surface area contributed by atoms with Crippen molar-refractivity contribution in [2.24, 2.45) is 5.73 Å². The van der Waals surface area contributed by atoms with Gasteiger partial charge in [0.05, 0.1) is 15.6 Å². The van der Waals surface area contributed by atoms with Crippen molar-refractivity contribution in [1.82, 2.24) is 4.98 Å². The third kappa shape index (κ3) is 2.01. The summed E-state index contributed by atoms with van der Waals surface area (Å²) < 4.78 is 0. The minimum atomic E-state index is 0.603. The van der Waals surface area contributed by atoms with E-state index in [1.54, 1.807) is 12.1 Å². The molecule has 4 heteroatoms. The second kappa shape index (κ2) is 4.58. The number of pyridine rings is 1. The summed E-state index contributed by atoms with van der Waals surface area (Å²) in [4.78, 5) is 4.48. The van der Waals surface area contributed by atoms with E-state index in [1.807, 2.05) is 13.0 Å². The van der Waals surface area contributed by atoms with Gasteiger partial charge in [-0.15, -0.1) is 0 Å². The van der Waals surface area contributed by atoms with Crippen molar-refractivity contribution in [2.45, 2.75) is 13.3 Å². The van der Waals surface area contributed by atoms with E-state index in [1.165, 1.54) is 0 Å². The van der Waals surface area contributed by atoms with Gasteiger partial charge >= 0.3 is 0 Å². The zero-order valence-corrected chi connectivity index (χ0v) is 10.4. The van der Waals surface area contributed by atoms with Crippen LogP contribution in [0.3, 0.4) is 0 Å². The zero-order valence-electron chi connectivity index (χ0n) is 8.93. The molecule has 0 unspecified atom stereocenters. The van der Waals surface area contributed by atoms with Crippen LogP contribution in [0.2, 0.25) is 10.0 Å². The summed E-state index contributed by atoms with van der Waals surface area (Å²) in [5.41, 5.74) is 8.40. The number of aromatic nitrogens is 1. The van der Waals surface area contributed by atoms with Crippen molar-refractivity contribution in [1.29, 1.82) is 0 Å². The van der Waals surface area contributed by atoms with Crippen LogP contribution < -0.4 is 5.73 Å². The lowest BCUT2D eigenvalue weighted by Gasteiger charge is -2.08. The second-order valence-corrected chi connectivity index (χ2v) is 4.51. The van der Waals surface area contributed by atoms with Crippen LogP contribution in [-0.4, -0.2) is 11.5 Å². The molecule has 2 rings (SSSR count). The summed E-state index contributed by atoms with van der Waals surface area (Å²) >= 11 is 12.2. The van der Waals surface area contributed by atoms with Gasteiger partial charge in [0.2, 0.25) is 0 Å². The fourth-order valence-electron chi connectivity index (χ4n) is 1.73. The maximum absolute atomic E-state index is 6.12. The highest BCUT2D eigenvalue weighted by molar-refractivity contribution is 6.39. The molecular weight excluding hydrogens is 243 g/mol. The average Bonchev–Trinajstić information content (AvgIpc) is 2.26. The molecule has 0 fully saturated rings. The third-order valence-electron chi connectivity index (χ3n) is 2.59. The lowest BCUT2D eigenvalue weighted by atomic mass is 10.1. The number of nitrogens with two attached hydrogens (primary N) is 1. The highest BCUT2D eigenvalue weighted by atomic mass is 35.5. The van der Waals surface area contributed by atoms with Crippen molar-refractivity contribution in [2.75, 3.05) is 6.54 Å². The molecular formula is C12H12Cl2N2. The molecule has 0 atom stereocenters. The van der Waals surface area contributed by atoms with E-state index in [4.69, 9.17) is 28.9 Å². The van der Waals surface area contributed by atoms with E-state index in [-0.39, 0.29) is 0 Å². The van der Waals surface area contributed by atoms with Crippen molar-refractivity contribution in [3.8, 4) is 0 Å². The number of fused-ring (bicyclic) bond motifs is 1. The lowest BCUT2D eigenvalue weighted by molar-refractivity contribution is 0.946. The van der Waals surface area contributed by atoms with E-state index in [2.05, 4.69) is 4.98 Å². The van der Waals surface area contributed by atoms with Crippen molar-refractivity contribution < 1.29 is 0 Å². The summed E-state index contributed by atoms with van der Waals surface area (Å²) in [6.45, 7) is 2.56. The lowest BCUT2D eigenvalue weighted by Crippen LogP contribution is -2.05. The van der Waals surface area contributed by atoms with Crippen LogP contribution in [0.15, 0.2) is 18.2 Å². The average molecular weight is 255 g/mol. The molecule has 2 aromatic rings. The first-order chi connectivity index (χ1) is 7.63. The highest BCUT2D eigenvalue weighted by Crippen LogP contribution is 2.29. The van der Waals surface area contributed by atoms with Gasteiger partial charge in [0.25, 0.3) is 0 Å². The third-order valence-corrected chi connectivity index (χ3v) is 3.23. The Hall–Kier alpha value is -0.830. The first kappa shape index (κ1) is 11.6. The second-order valence-electron chi connectivity index (χ2n) is 3.70. The van der Waals surface area contributed by atoms with Crippen LogP contribution in [0.4, 0.5) is 0 Å². The minimum absolute atomic E-state index is 0.603. The monoisotopic (exact) mass is 254 g/mol. The predicted molar refractivity (Wildman–Crippen MR) is 69.3 cm³/mol. The molecule has 0 spiro atoms. The summed E-state index contributed by atoms with van der Waals surface area (Å²) in [6, 6.07) is 5.58. The van der Waals surface area contributed by atoms with Gasteiger partial charge in [-0.1, -0.05) is 23.2 Å². The van der Waals surface area contributed by atoms with Crippen molar-refractivity contribution >= 4 is 34.1 Å². The Morgan fingerprint density at radius 2 is 1.94 bits per heavy atom. The summed E-state index contributed by atoms with van der Waals surface area (Å²) in [6.07, 6.45) is 0.803. The number of aryl methyl sites for hydroxylation is 1. The molecule has 2 N–H and O–H groups in total. The summed E-state index contributed by atoms with van der Waals surface area (Å²) in [7, 11) is 0. The number of rotatable bonds is 2. The molecule has 1 heterocycles. The molecule has 0 saturated heterocycles. The number of benzene rings is 1. The largest absolute Gasteiger partial charge is 0.330 e. The number of nitrogens with zero attached hydrogens (tertiary/aromatic N) is 1. The molecule has 0 saturated carbocycles. The van der Waals surface area contributed by atoms with Crippen molar-refractivity contribution in [3.05, 3.63) is 39.5 Å². The molecule has 1 aromatic heterocycles. The van der Waals surface area contributed by atoms with Gasteiger partial charge < -0.3 is 5.73 Å². The Morgan fingerprint density at radius 1 is 1.25 bits per heavy atom. The molecule has 0 aliphatic carbocycles.